The Kier molecular flexibility index (Phi) is 9.29. The second-order valence-corrected chi connectivity index (χ2v) is 14.7. The molecule has 1 aromatic heterocycles. The highest BCUT2D eigenvalue weighted by Crippen LogP contribution is 2.32. The lowest BCUT2D eigenvalue weighted by Crippen LogP contribution is -2.50. The molecule has 4 rings (SSSR count). The maximum atomic E-state index is 13.7. The van der Waals surface area contributed by atoms with Crippen molar-refractivity contribution in [3.8, 4) is 11.5 Å². The van der Waals surface area contributed by atoms with Gasteiger partial charge >= 0.3 is 0 Å². The number of thiophene rings is 1. The molecule has 1 aliphatic rings. The number of benzene rings is 2. The molecule has 3 atom stereocenters. The molecule has 0 saturated carbocycles. The number of hydrogen-bond donors (Lipinski definition) is 2. The molecule has 2 N–H and O–H groups in total. The third-order valence-corrected chi connectivity index (χ3v) is 11.5. The van der Waals surface area contributed by atoms with Crippen LogP contribution in [0.1, 0.15) is 24.2 Å². The van der Waals surface area contributed by atoms with Crippen LogP contribution in [0.5, 0.6) is 11.5 Å². The fraction of sp³-hybridized carbons (Fsp3) is 0.370. The number of carbonyl (C=O) groups is 1. The van der Waals surface area contributed by atoms with E-state index in [1.54, 1.807) is 18.4 Å². The summed E-state index contributed by atoms with van der Waals surface area (Å²) in [4.78, 5) is 15.2. The van der Waals surface area contributed by atoms with Crippen LogP contribution in [0.15, 0.2) is 69.1 Å². The Labute approximate surface area is 244 Å². The third-order valence-electron chi connectivity index (χ3n) is 6.88. The quantitative estimate of drug-likeness (QED) is 0.351. The number of sulfonamides is 2. The molecular weight excluding hydrogens is 591 g/mol. The minimum Gasteiger partial charge on any atom is -0.497 e. The minimum absolute atomic E-state index is 0.00221. The van der Waals surface area contributed by atoms with Gasteiger partial charge in [-0.3, -0.25) is 9.52 Å². The van der Waals surface area contributed by atoms with Crippen LogP contribution < -0.4 is 14.2 Å². The van der Waals surface area contributed by atoms with Gasteiger partial charge in [-0.05, 0) is 60.8 Å². The van der Waals surface area contributed by atoms with Crippen LogP contribution in [0, 0.1) is 5.92 Å². The van der Waals surface area contributed by atoms with E-state index in [4.69, 9.17) is 9.47 Å². The molecule has 0 aliphatic carbocycles. The second-order valence-electron chi connectivity index (χ2n) is 9.83. The van der Waals surface area contributed by atoms with Crippen molar-refractivity contribution < 1.29 is 36.2 Å². The Hall–Kier alpha value is -3.17. The topological polar surface area (TPSA) is 143 Å². The Bertz CT molecular complexity index is 1580. The van der Waals surface area contributed by atoms with Gasteiger partial charge in [0.05, 0.1) is 36.8 Å². The van der Waals surface area contributed by atoms with E-state index in [1.165, 1.54) is 71.9 Å². The number of rotatable bonds is 10. The number of aliphatic hydroxyl groups is 1. The first kappa shape index (κ1) is 30.8. The van der Waals surface area contributed by atoms with Crippen molar-refractivity contribution in [3.63, 3.8) is 0 Å². The van der Waals surface area contributed by atoms with E-state index in [2.05, 4.69) is 4.72 Å². The van der Waals surface area contributed by atoms with Crippen molar-refractivity contribution in [2.75, 3.05) is 38.6 Å². The number of fused-ring (bicyclic) bond motifs is 1. The van der Waals surface area contributed by atoms with Crippen molar-refractivity contribution in [1.29, 1.82) is 0 Å². The number of nitrogens with one attached hydrogen (secondary N) is 1. The summed E-state index contributed by atoms with van der Waals surface area (Å²) in [5.41, 5.74) is 0.219. The normalized spacial score (nSPS) is 18.7. The summed E-state index contributed by atoms with van der Waals surface area (Å²) in [6, 6.07) is 12.8. The summed E-state index contributed by atoms with van der Waals surface area (Å²) < 4.78 is 67.5. The fourth-order valence-corrected chi connectivity index (χ4v) is 7.82. The smallest absolute Gasteiger partial charge is 0.261 e. The second kappa shape index (κ2) is 12.4. The van der Waals surface area contributed by atoms with Gasteiger partial charge < -0.3 is 19.5 Å². The molecule has 222 valence electrons. The van der Waals surface area contributed by atoms with E-state index in [-0.39, 0.29) is 51.7 Å². The van der Waals surface area contributed by atoms with Gasteiger partial charge in [-0.25, -0.2) is 16.8 Å². The van der Waals surface area contributed by atoms with Gasteiger partial charge in [-0.1, -0.05) is 13.0 Å². The highest BCUT2D eigenvalue weighted by Gasteiger charge is 2.35. The molecule has 0 saturated heterocycles. The van der Waals surface area contributed by atoms with Crippen molar-refractivity contribution in [2.24, 2.45) is 5.92 Å². The maximum absolute atomic E-state index is 13.7. The number of aliphatic hydroxyl groups excluding tert-OH is 1. The van der Waals surface area contributed by atoms with Gasteiger partial charge in [-0.2, -0.15) is 4.31 Å². The van der Waals surface area contributed by atoms with Gasteiger partial charge in [0.25, 0.3) is 26.0 Å². The zero-order valence-corrected chi connectivity index (χ0v) is 25.5. The van der Waals surface area contributed by atoms with E-state index < -0.39 is 38.1 Å². The SMILES string of the molecule is COc1ccc(S(=O)(=O)Nc2ccc3c(c2)C(=O)N([C@H](C)CO)C[C@@H](C)[C@@H](CN(C)S(=O)(=O)c2cccs2)O3)cc1. The molecule has 14 heteroatoms. The largest absolute Gasteiger partial charge is 0.497 e. The number of amides is 1. The maximum Gasteiger partial charge on any atom is 0.261 e. The summed E-state index contributed by atoms with van der Waals surface area (Å²) >= 11 is 1.12. The van der Waals surface area contributed by atoms with E-state index in [0.29, 0.717) is 5.75 Å². The molecule has 0 fully saturated rings. The Balaban J connectivity index is 1.67. The van der Waals surface area contributed by atoms with E-state index >= 15 is 0 Å². The van der Waals surface area contributed by atoms with Crippen LogP contribution in [-0.2, 0) is 20.0 Å². The van der Waals surface area contributed by atoms with Gasteiger partial charge in [0.1, 0.15) is 21.8 Å². The number of hydrogen-bond acceptors (Lipinski definition) is 9. The number of ether oxygens (including phenoxy) is 2. The van der Waals surface area contributed by atoms with Crippen molar-refractivity contribution in [2.45, 2.75) is 35.1 Å². The number of likely N-dealkylation sites (N-methyl/N-ethyl adjacent to an activating group) is 1. The highest BCUT2D eigenvalue weighted by molar-refractivity contribution is 7.92. The molecule has 41 heavy (non-hydrogen) atoms. The molecule has 3 aromatic rings. The van der Waals surface area contributed by atoms with E-state index in [1.807, 2.05) is 6.92 Å². The van der Waals surface area contributed by atoms with Crippen LogP contribution in [-0.4, -0.2) is 83.1 Å². The van der Waals surface area contributed by atoms with Crippen LogP contribution in [0.4, 0.5) is 5.69 Å². The minimum atomic E-state index is -3.99. The van der Waals surface area contributed by atoms with Gasteiger partial charge in [0.15, 0.2) is 0 Å². The first-order valence-electron chi connectivity index (χ1n) is 12.8. The highest BCUT2D eigenvalue weighted by atomic mass is 32.2. The Morgan fingerprint density at radius 1 is 1.17 bits per heavy atom. The van der Waals surface area contributed by atoms with Gasteiger partial charge in [-0.15, -0.1) is 11.3 Å². The molecule has 0 bridgehead atoms. The fourth-order valence-electron chi connectivity index (χ4n) is 4.39. The molecular formula is C27H33N3O8S3. The van der Waals surface area contributed by atoms with E-state index in [0.717, 1.165) is 11.3 Å². The van der Waals surface area contributed by atoms with Crippen LogP contribution in [0.25, 0.3) is 0 Å². The summed E-state index contributed by atoms with van der Waals surface area (Å²) in [5.74, 6) is -0.0771. The molecule has 2 heterocycles. The zero-order chi connectivity index (χ0) is 29.9. The number of methoxy groups -OCH3 is 1. The molecule has 1 aliphatic heterocycles. The van der Waals surface area contributed by atoms with Crippen molar-refractivity contribution in [1.82, 2.24) is 9.21 Å². The first-order valence-corrected chi connectivity index (χ1v) is 16.6. The summed E-state index contributed by atoms with van der Waals surface area (Å²) in [6.45, 7) is 3.44. The Morgan fingerprint density at radius 3 is 2.49 bits per heavy atom. The molecule has 0 unspecified atom stereocenters. The zero-order valence-electron chi connectivity index (χ0n) is 23.1. The van der Waals surface area contributed by atoms with Crippen LogP contribution in [0.2, 0.25) is 0 Å². The average Bonchev–Trinajstić information content (AvgIpc) is 3.51. The predicted molar refractivity (Wildman–Crippen MR) is 156 cm³/mol. The number of anilines is 1. The number of nitrogens with zero attached hydrogens (tertiary/aromatic N) is 2. The van der Waals surface area contributed by atoms with Crippen LogP contribution >= 0.6 is 11.3 Å². The van der Waals surface area contributed by atoms with Crippen molar-refractivity contribution >= 4 is 43.0 Å². The lowest BCUT2D eigenvalue weighted by Gasteiger charge is -2.38. The molecule has 0 spiro atoms. The lowest BCUT2D eigenvalue weighted by molar-refractivity contribution is 0.0387. The third kappa shape index (κ3) is 6.67. The predicted octanol–water partition coefficient (Wildman–Crippen LogP) is 3.10. The Morgan fingerprint density at radius 2 is 1.88 bits per heavy atom. The summed E-state index contributed by atoms with van der Waals surface area (Å²) in [7, 11) is -4.79. The average molecular weight is 624 g/mol. The standard InChI is InChI=1S/C27H33N3O8S3/c1-18-15-30(19(2)17-31)27(32)23-14-20(28-40(33,34)22-10-8-21(37-4)9-11-22)7-12-24(23)38-25(18)16-29(3)41(35,36)26-6-5-13-39-26/h5-14,18-19,25,28,31H,15-17H2,1-4H3/t18-,19-,25-/m1/s1. The number of carbonyl (C=O) groups excluding carboxylic acids is 1. The molecule has 0 radical (unpaired) electrons. The molecule has 11 nitrogen and oxygen atoms in total. The lowest BCUT2D eigenvalue weighted by atomic mass is 9.99. The molecule has 2 aromatic carbocycles. The van der Waals surface area contributed by atoms with Gasteiger partial charge in [0, 0.05) is 25.2 Å². The molecule has 1 amide bonds. The van der Waals surface area contributed by atoms with Gasteiger partial charge in [0.2, 0.25) is 0 Å². The van der Waals surface area contributed by atoms with E-state index in [9.17, 15) is 26.7 Å². The summed E-state index contributed by atoms with van der Waals surface area (Å²) in [6.07, 6.45) is -0.656. The monoisotopic (exact) mass is 623 g/mol. The first-order chi connectivity index (χ1) is 19.4. The van der Waals surface area contributed by atoms with Crippen molar-refractivity contribution in [3.05, 3.63) is 65.5 Å². The summed E-state index contributed by atoms with van der Waals surface area (Å²) in [5, 5.41) is 11.6. The van der Waals surface area contributed by atoms with Crippen LogP contribution in [0.3, 0.4) is 0 Å².